The lowest BCUT2D eigenvalue weighted by Gasteiger charge is -2.06. The van der Waals surface area contributed by atoms with Crippen molar-refractivity contribution in [2.75, 3.05) is 0 Å². The van der Waals surface area contributed by atoms with Crippen molar-refractivity contribution < 1.29 is 4.74 Å². The van der Waals surface area contributed by atoms with E-state index in [1.54, 1.807) is 22.7 Å². The standard InChI is InChI=1S/C27H28OS2/c1-21(9-6-5-7-13-27(2,3)4)15-22-10-8-11-25(16-22)28-18-26-17-24(20-30-26)23-12-14-29-19-23/h5-6,8,10-12,14-17,19-20H,9,18H2,1-4H3/b6-5+,21-15-. The SMILES string of the molecule is C/C(=C/c1cccc(OCc2cc(-c3ccsc3)cs2)c1)C/C=C/C#CC(C)(C)C. The van der Waals surface area contributed by atoms with Crippen molar-refractivity contribution in [3.05, 3.63) is 80.7 Å². The molecule has 0 aliphatic rings. The van der Waals surface area contributed by atoms with Gasteiger partial charge in [0.2, 0.25) is 0 Å². The summed E-state index contributed by atoms with van der Waals surface area (Å²) in [5, 5.41) is 6.49. The van der Waals surface area contributed by atoms with Gasteiger partial charge < -0.3 is 4.74 Å². The van der Waals surface area contributed by atoms with Crippen LogP contribution in [0.25, 0.3) is 17.2 Å². The van der Waals surface area contributed by atoms with Crippen LogP contribution in [0.15, 0.2) is 70.3 Å². The molecule has 0 saturated heterocycles. The van der Waals surface area contributed by atoms with Crippen LogP contribution < -0.4 is 4.74 Å². The first-order chi connectivity index (χ1) is 14.4. The zero-order valence-electron chi connectivity index (χ0n) is 18.1. The fraction of sp³-hybridized carbons (Fsp3) is 0.259. The molecule has 0 fully saturated rings. The van der Waals surface area contributed by atoms with Crippen LogP contribution in [0.5, 0.6) is 5.75 Å². The number of hydrogen-bond acceptors (Lipinski definition) is 3. The van der Waals surface area contributed by atoms with E-state index in [0.29, 0.717) is 6.61 Å². The predicted molar refractivity (Wildman–Crippen MR) is 133 cm³/mol. The van der Waals surface area contributed by atoms with Crippen LogP contribution in [0.1, 0.15) is 44.6 Å². The molecule has 2 aromatic heterocycles. The quantitative estimate of drug-likeness (QED) is 0.340. The lowest BCUT2D eigenvalue weighted by molar-refractivity contribution is 0.310. The van der Waals surface area contributed by atoms with Crippen molar-refractivity contribution in [1.29, 1.82) is 0 Å². The van der Waals surface area contributed by atoms with Crippen molar-refractivity contribution in [1.82, 2.24) is 0 Å². The molecule has 0 atom stereocenters. The maximum atomic E-state index is 6.04. The van der Waals surface area contributed by atoms with Crippen LogP contribution in [0, 0.1) is 17.3 Å². The minimum Gasteiger partial charge on any atom is -0.488 e. The molecule has 1 nitrogen and oxygen atoms in total. The summed E-state index contributed by atoms with van der Waals surface area (Å²) in [5.74, 6) is 7.24. The molecule has 0 bridgehead atoms. The molecule has 0 amide bonds. The molecule has 30 heavy (non-hydrogen) atoms. The second kappa shape index (κ2) is 10.5. The van der Waals surface area contributed by atoms with Crippen LogP contribution in [0.3, 0.4) is 0 Å². The van der Waals surface area contributed by atoms with Crippen LogP contribution in [-0.4, -0.2) is 0 Å². The maximum Gasteiger partial charge on any atom is 0.122 e. The Labute approximate surface area is 188 Å². The molecule has 0 N–H and O–H groups in total. The van der Waals surface area contributed by atoms with Crippen LogP contribution in [0.2, 0.25) is 0 Å². The lowest BCUT2D eigenvalue weighted by Crippen LogP contribution is -1.98. The van der Waals surface area contributed by atoms with E-state index in [4.69, 9.17) is 4.74 Å². The summed E-state index contributed by atoms with van der Waals surface area (Å²) in [5.41, 5.74) is 5.05. The molecule has 3 aromatic rings. The van der Waals surface area contributed by atoms with Gasteiger partial charge in [-0.05, 0) is 97.3 Å². The molecule has 3 rings (SSSR count). The topological polar surface area (TPSA) is 9.23 Å². The highest BCUT2D eigenvalue weighted by molar-refractivity contribution is 7.10. The van der Waals surface area contributed by atoms with Gasteiger partial charge in [-0.25, -0.2) is 0 Å². The summed E-state index contributed by atoms with van der Waals surface area (Å²) in [6.07, 6.45) is 7.17. The van der Waals surface area contributed by atoms with Gasteiger partial charge in [0.05, 0.1) is 0 Å². The third-order valence-electron chi connectivity index (χ3n) is 4.25. The normalized spacial score (nSPS) is 12.1. The van der Waals surface area contributed by atoms with Gasteiger partial charge in [0.25, 0.3) is 0 Å². The first kappa shape index (κ1) is 22.2. The minimum absolute atomic E-state index is 0.0459. The number of ether oxygens (including phenoxy) is 1. The number of allylic oxidation sites excluding steroid dienone is 3. The molecule has 2 heterocycles. The summed E-state index contributed by atoms with van der Waals surface area (Å²) in [7, 11) is 0. The van der Waals surface area contributed by atoms with Crippen molar-refractivity contribution in [2.45, 2.75) is 40.7 Å². The van der Waals surface area contributed by atoms with Crippen LogP contribution >= 0.6 is 22.7 Å². The largest absolute Gasteiger partial charge is 0.488 e. The smallest absolute Gasteiger partial charge is 0.122 e. The summed E-state index contributed by atoms with van der Waals surface area (Å²) in [6.45, 7) is 9.10. The third kappa shape index (κ3) is 7.37. The summed E-state index contributed by atoms with van der Waals surface area (Å²) >= 11 is 3.47. The zero-order chi connectivity index (χ0) is 21.4. The summed E-state index contributed by atoms with van der Waals surface area (Å²) in [6, 6.07) is 12.6. The van der Waals surface area contributed by atoms with E-state index in [0.717, 1.165) is 17.7 Å². The molecule has 1 aromatic carbocycles. The maximum absolute atomic E-state index is 6.04. The molecule has 0 aliphatic heterocycles. The fourth-order valence-electron chi connectivity index (χ4n) is 2.79. The zero-order valence-corrected chi connectivity index (χ0v) is 19.7. The fourth-order valence-corrected chi connectivity index (χ4v) is 4.26. The number of hydrogen-bond donors (Lipinski definition) is 0. The highest BCUT2D eigenvalue weighted by atomic mass is 32.1. The van der Waals surface area contributed by atoms with Gasteiger partial charge in [-0.1, -0.05) is 41.7 Å². The Morgan fingerprint density at radius 1 is 1.10 bits per heavy atom. The molecule has 154 valence electrons. The molecule has 0 saturated carbocycles. The minimum atomic E-state index is 0.0459. The Bertz CT molecular complexity index is 1060. The molecule has 0 unspecified atom stereocenters. The van der Waals surface area contributed by atoms with Gasteiger partial charge in [0.1, 0.15) is 12.4 Å². The van der Waals surface area contributed by atoms with Gasteiger partial charge in [-0.15, -0.1) is 11.3 Å². The first-order valence-corrected chi connectivity index (χ1v) is 11.9. The average molecular weight is 433 g/mol. The van der Waals surface area contributed by atoms with Gasteiger partial charge in [0.15, 0.2) is 0 Å². The Balaban J connectivity index is 1.55. The predicted octanol–water partition coefficient (Wildman–Crippen LogP) is 8.45. The van der Waals surface area contributed by atoms with Crippen LogP contribution in [0.4, 0.5) is 0 Å². The van der Waals surface area contributed by atoms with Crippen molar-refractivity contribution in [2.24, 2.45) is 5.41 Å². The Kier molecular flexibility index (Phi) is 7.74. The van der Waals surface area contributed by atoms with E-state index >= 15 is 0 Å². The number of rotatable bonds is 7. The van der Waals surface area contributed by atoms with Gasteiger partial charge in [-0.3, -0.25) is 0 Å². The van der Waals surface area contributed by atoms with E-state index in [1.807, 2.05) is 18.2 Å². The second-order valence-electron chi connectivity index (χ2n) is 8.29. The van der Waals surface area contributed by atoms with Gasteiger partial charge in [0, 0.05) is 10.3 Å². The van der Waals surface area contributed by atoms with Crippen molar-refractivity contribution >= 4 is 28.7 Å². The Hall–Kier alpha value is -2.54. The van der Waals surface area contributed by atoms with E-state index in [1.165, 1.54) is 21.6 Å². The van der Waals surface area contributed by atoms with E-state index in [2.05, 4.69) is 92.1 Å². The van der Waals surface area contributed by atoms with Gasteiger partial charge in [-0.2, -0.15) is 11.3 Å². The number of benzene rings is 1. The lowest BCUT2D eigenvalue weighted by atomic mass is 9.98. The molecule has 0 spiro atoms. The van der Waals surface area contributed by atoms with E-state index in [9.17, 15) is 0 Å². The molecule has 0 radical (unpaired) electrons. The highest BCUT2D eigenvalue weighted by Gasteiger charge is 2.04. The average Bonchev–Trinajstić information content (AvgIpc) is 3.37. The Morgan fingerprint density at radius 3 is 2.73 bits per heavy atom. The summed E-state index contributed by atoms with van der Waals surface area (Å²) < 4.78 is 6.04. The van der Waals surface area contributed by atoms with Crippen molar-refractivity contribution in [3.8, 4) is 28.7 Å². The first-order valence-electron chi connectivity index (χ1n) is 10.1. The van der Waals surface area contributed by atoms with Crippen molar-refractivity contribution in [3.63, 3.8) is 0 Å². The Morgan fingerprint density at radius 2 is 1.97 bits per heavy atom. The molecular weight excluding hydrogens is 404 g/mol. The summed E-state index contributed by atoms with van der Waals surface area (Å²) in [4.78, 5) is 1.23. The van der Waals surface area contributed by atoms with Gasteiger partial charge >= 0.3 is 0 Å². The van der Waals surface area contributed by atoms with Crippen LogP contribution in [-0.2, 0) is 6.61 Å². The second-order valence-corrected chi connectivity index (χ2v) is 10.1. The monoisotopic (exact) mass is 432 g/mol. The van der Waals surface area contributed by atoms with E-state index in [-0.39, 0.29) is 5.41 Å². The highest BCUT2D eigenvalue weighted by Crippen LogP contribution is 2.28. The molecule has 0 aliphatic carbocycles. The van der Waals surface area contributed by atoms with E-state index < -0.39 is 0 Å². The molecule has 3 heteroatoms. The number of thiophene rings is 2. The molecular formula is C27H28OS2. The third-order valence-corrected chi connectivity index (χ3v) is 5.84.